The fourth-order valence-electron chi connectivity index (χ4n) is 3.45. The molecule has 0 spiro atoms. The van der Waals surface area contributed by atoms with E-state index in [-0.39, 0.29) is 5.97 Å². The van der Waals surface area contributed by atoms with E-state index in [9.17, 15) is 4.79 Å². The van der Waals surface area contributed by atoms with Gasteiger partial charge in [0.15, 0.2) is 0 Å². The summed E-state index contributed by atoms with van der Waals surface area (Å²) in [4.78, 5) is 13.9. The maximum atomic E-state index is 11.9. The Morgan fingerprint density at radius 2 is 1.84 bits per heavy atom. The Labute approximate surface area is 147 Å². The van der Waals surface area contributed by atoms with Crippen molar-refractivity contribution in [2.45, 2.75) is 12.8 Å². The van der Waals surface area contributed by atoms with Crippen LogP contribution in [0.1, 0.15) is 17.5 Å². The molecule has 0 bridgehead atoms. The molecule has 0 aromatic heterocycles. The highest BCUT2D eigenvalue weighted by Gasteiger charge is 2.12. The number of carbonyl (C=O) groups excluding carboxylic acids is 1. The van der Waals surface area contributed by atoms with Gasteiger partial charge in [0.05, 0.1) is 6.42 Å². The number of hydrogen-bond acceptors (Lipinski definition) is 3. The van der Waals surface area contributed by atoms with E-state index in [1.807, 2.05) is 31.1 Å². The lowest BCUT2D eigenvalue weighted by molar-refractivity contribution is -0.134. The first-order valence-electron chi connectivity index (χ1n) is 8.62. The van der Waals surface area contributed by atoms with E-state index >= 15 is 0 Å². The molecule has 0 heterocycles. The average Bonchev–Trinajstić information content (AvgIpc) is 3.08. The Kier molecular flexibility index (Phi) is 4.02. The molecular formula is C22H21NO2. The molecule has 0 aliphatic heterocycles. The molecule has 1 aliphatic carbocycles. The van der Waals surface area contributed by atoms with E-state index in [0.29, 0.717) is 18.7 Å². The number of hydrogen-bond donors (Lipinski definition) is 0. The monoisotopic (exact) mass is 331 g/mol. The second-order valence-electron chi connectivity index (χ2n) is 6.81. The molecule has 0 saturated heterocycles. The van der Waals surface area contributed by atoms with Gasteiger partial charge in [-0.2, -0.15) is 0 Å². The Morgan fingerprint density at radius 3 is 2.68 bits per heavy atom. The highest BCUT2D eigenvalue weighted by Crippen LogP contribution is 2.34. The van der Waals surface area contributed by atoms with E-state index in [1.54, 1.807) is 0 Å². The molecule has 25 heavy (non-hydrogen) atoms. The van der Waals surface area contributed by atoms with Crippen molar-refractivity contribution in [2.24, 2.45) is 0 Å². The predicted octanol–water partition coefficient (Wildman–Crippen LogP) is 4.42. The normalized spacial score (nSPS) is 12.9. The lowest BCUT2D eigenvalue weighted by Crippen LogP contribution is -2.19. The average molecular weight is 331 g/mol. The first kappa shape index (κ1) is 15.9. The summed E-state index contributed by atoms with van der Waals surface area (Å²) in [5, 5.41) is 4.85. The zero-order chi connectivity index (χ0) is 17.4. The van der Waals surface area contributed by atoms with Crippen molar-refractivity contribution in [2.75, 3.05) is 20.6 Å². The molecule has 126 valence electrons. The van der Waals surface area contributed by atoms with Crippen molar-refractivity contribution in [1.82, 2.24) is 4.90 Å². The molecule has 1 aliphatic rings. The van der Waals surface area contributed by atoms with E-state index in [0.717, 1.165) is 11.8 Å². The van der Waals surface area contributed by atoms with E-state index in [4.69, 9.17) is 4.74 Å². The van der Waals surface area contributed by atoms with Crippen LogP contribution in [-0.2, 0) is 11.2 Å². The van der Waals surface area contributed by atoms with Gasteiger partial charge in [0, 0.05) is 6.54 Å². The lowest BCUT2D eigenvalue weighted by Gasteiger charge is -2.11. The molecule has 4 rings (SSSR count). The van der Waals surface area contributed by atoms with Gasteiger partial charge in [-0.05, 0) is 65.3 Å². The third-order valence-corrected chi connectivity index (χ3v) is 4.75. The largest absolute Gasteiger partial charge is 0.426 e. The van der Waals surface area contributed by atoms with Crippen LogP contribution >= 0.6 is 0 Å². The summed E-state index contributed by atoms with van der Waals surface area (Å²) in [5.74, 6) is 0.413. The number of nitrogens with zero attached hydrogens (tertiary/aromatic N) is 1. The minimum absolute atomic E-state index is 0.197. The smallest absolute Gasteiger partial charge is 0.312 e. The molecule has 0 radical (unpaired) electrons. The zero-order valence-corrected chi connectivity index (χ0v) is 14.6. The summed E-state index contributed by atoms with van der Waals surface area (Å²) in [6.45, 7) is 0.691. The molecule has 0 fully saturated rings. The second-order valence-corrected chi connectivity index (χ2v) is 6.81. The minimum Gasteiger partial charge on any atom is -0.426 e. The van der Waals surface area contributed by atoms with Gasteiger partial charge >= 0.3 is 5.97 Å². The lowest BCUT2D eigenvalue weighted by atomic mass is 9.96. The number of rotatable bonds is 4. The van der Waals surface area contributed by atoms with E-state index < -0.39 is 0 Å². The van der Waals surface area contributed by atoms with Crippen LogP contribution in [-0.4, -0.2) is 31.5 Å². The third kappa shape index (κ3) is 3.03. The number of fused-ring (bicyclic) bond motifs is 5. The summed E-state index contributed by atoms with van der Waals surface area (Å²) < 4.78 is 5.48. The predicted molar refractivity (Wildman–Crippen MR) is 103 cm³/mol. The van der Waals surface area contributed by atoms with Crippen LogP contribution in [0.15, 0.2) is 48.5 Å². The summed E-state index contributed by atoms with van der Waals surface area (Å²) in [6, 6.07) is 14.6. The van der Waals surface area contributed by atoms with Gasteiger partial charge in [0.25, 0.3) is 0 Å². The maximum absolute atomic E-state index is 11.9. The molecule has 0 atom stereocenters. The summed E-state index contributed by atoms with van der Waals surface area (Å²) in [5.41, 5.74) is 2.72. The number of carbonyl (C=O) groups is 1. The topological polar surface area (TPSA) is 29.5 Å². The molecule has 3 aromatic rings. The molecular weight excluding hydrogens is 310 g/mol. The Balaban J connectivity index is 1.67. The molecule has 0 unspecified atom stereocenters. The second kappa shape index (κ2) is 6.34. The quantitative estimate of drug-likeness (QED) is 0.403. The molecule has 3 nitrogen and oxygen atoms in total. The SMILES string of the molecule is CN(C)CCC(=O)Oc1ccc2c(ccc3c4c(ccc32)C=CC4)c1. The minimum atomic E-state index is -0.197. The number of esters is 1. The van der Waals surface area contributed by atoms with Crippen molar-refractivity contribution in [1.29, 1.82) is 0 Å². The zero-order valence-electron chi connectivity index (χ0n) is 14.6. The Morgan fingerprint density at radius 1 is 1.04 bits per heavy atom. The van der Waals surface area contributed by atoms with Crippen molar-refractivity contribution in [3.63, 3.8) is 0 Å². The highest BCUT2D eigenvalue weighted by molar-refractivity contribution is 6.09. The standard InChI is InChI=1S/C22H21NO2/c1-23(2)13-12-22(24)25-17-8-11-19-16(14-17)7-10-20-18-5-3-4-15(18)6-9-21(19)20/h3-4,6-11,14H,5,12-13H2,1-2H3. The summed E-state index contributed by atoms with van der Waals surface area (Å²) in [6.07, 6.45) is 5.79. The van der Waals surface area contributed by atoms with Crippen molar-refractivity contribution in [3.8, 4) is 5.75 Å². The van der Waals surface area contributed by atoms with Gasteiger partial charge in [-0.15, -0.1) is 0 Å². The van der Waals surface area contributed by atoms with Crippen LogP contribution in [0.4, 0.5) is 0 Å². The van der Waals surface area contributed by atoms with Crippen LogP contribution in [0.3, 0.4) is 0 Å². The van der Waals surface area contributed by atoms with E-state index in [2.05, 4.69) is 42.5 Å². The van der Waals surface area contributed by atoms with Gasteiger partial charge in [-0.1, -0.05) is 42.5 Å². The first-order valence-corrected chi connectivity index (χ1v) is 8.62. The Bertz CT molecular complexity index is 1000. The highest BCUT2D eigenvalue weighted by atomic mass is 16.5. The van der Waals surface area contributed by atoms with Crippen LogP contribution in [0.5, 0.6) is 5.75 Å². The number of benzene rings is 3. The fourth-order valence-corrected chi connectivity index (χ4v) is 3.45. The summed E-state index contributed by atoms with van der Waals surface area (Å²) >= 11 is 0. The van der Waals surface area contributed by atoms with E-state index in [1.165, 1.54) is 27.3 Å². The molecule has 0 amide bonds. The molecule has 0 saturated carbocycles. The van der Waals surface area contributed by atoms with Crippen molar-refractivity contribution < 1.29 is 9.53 Å². The van der Waals surface area contributed by atoms with Gasteiger partial charge in [0.2, 0.25) is 0 Å². The third-order valence-electron chi connectivity index (χ3n) is 4.75. The molecule has 3 heteroatoms. The van der Waals surface area contributed by atoms with Crippen LogP contribution in [0, 0.1) is 0 Å². The fraction of sp³-hybridized carbons (Fsp3) is 0.227. The molecule has 3 aromatic carbocycles. The van der Waals surface area contributed by atoms with Crippen LogP contribution < -0.4 is 4.74 Å². The maximum Gasteiger partial charge on any atom is 0.312 e. The van der Waals surface area contributed by atoms with Gasteiger partial charge in [-0.3, -0.25) is 4.79 Å². The van der Waals surface area contributed by atoms with Crippen LogP contribution in [0.25, 0.3) is 27.6 Å². The number of allylic oxidation sites excluding steroid dienone is 1. The van der Waals surface area contributed by atoms with Gasteiger partial charge in [0.1, 0.15) is 5.75 Å². The van der Waals surface area contributed by atoms with Crippen LogP contribution in [0.2, 0.25) is 0 Å². The number of ether oxygens (including phenoxy) is 1. The molecule has 0 N–H and O–H groups in total. The first-order chi connectivity index (χ1) is 12.1. The van der Waals surface area contributed by atoms with Crippen molar-refractivity contribution >= 4 is 33.6 Å². The summed E-state index contributed by atoms with van der Waals surface area (Å²) in [7, 11) is 3.89. The Hall–Kier alpha value is -2.65. The van der Waals surface area contributed by atoms with Crippen molar-refractivity contribution in [3.05, 3.63) is 59.7 Å². The van der Waals surface area contributed by atoms with Gasteiger partial charge < -0.3 is 9.64 Å². The van der Waals surface area contributed by atoms with Gasteiger partial charge in [-0.25, -0.2) is 0 Å².